The van der Waals surface area contributed by atoms with Crippen LogP contribution in [0.5, 0.6) is 0 Å². The fraction of sp³-hybridized carbons (Fsp3) is 1.00. The molecule has 0 amide bonds. The molecule has 0 aliphatic carbocycles. The van der Waals surface area contributed by atoms with Crippen LogP contribution in [-0.2, 0) is 0 Å². The highest BCUT2D eigenvalue weighted by Gasteiger charge is 2.09. The molecule has 0 aliphatic rings. The Labute approximate surface area is 272 Å². The largest absolute Gasteiger partial charge is 0.396 e. The molecule has 0 spiro atoms. The first-order chi connectivity index (χ1) is 21.2. The smallest absolute Gasteiger partial charge is 0.0459 e. The van der Waals surface area contributed by atoms with E-state index in [2.05, 4.69) is 20.8 Å². The summed E-state index contributed by atoms with van der Waals surface area (Å²) in [4.78, 5) is 0. The highest BCUT2D eigenvalue weighted by molar-refractivity contribution is 4.62. The SMILES string of the molecule is CCCCCCCCCCCCCCC(CO)CCCCCCCCCC(CCO)CCCCCCCC.CCCCO. The number of hydrogen-bond donors (Lipinski definition) is 3. The Morgan fingerprint density at radius 1 is 0.279 bits per heavy atom. The van der Waals surface area contributed by atoms with Gasteiger partial charge in [0.2, 0.25) is 0 Å². The van der Waals surface area contributed by atoms with Crippen LogP contribution in [0.1, 0.15) is 226 Å². The Morgan fingerprint density at radius 3 is 0.791 bits per heavy atom. The minimum Gasteiger partial charge on any atom is -0.396 e. The summed E-state index contributed by atoms with van der Waals surface area (Å²) in [6, 6.07) is 0. The van der Waals surface area contributed by atoms with E-state index in [4.69, 9.17) is 5.11 Å². The van der Waals surface area contributed by atoms with Crippen molar-refractivity contribution in [2.24, 2.45) is 11.8 Å². The molecule has 0 rings (SSSR count). The van der Waals surface area contributed by atoms with Gasteiger partial charge in [-0.2, -0.15) is 0 Å². The lowest BCUT2D eigenvalue weighted by molar-refractivity contribution is 0.204. The van der Waals surface area contributed by atoms with Crippen molar-refractivity contribution in [3.05, 3.63) is 0 Å². The molecule has 0 aromatic heterocycles. The van der Waals surface area contributed by atoms with Crippen LogP contribution in [0.2, 0.25) is 0 Å². The van der Waals surface area contributed by atoms with Crippen LogP contribution >= 0.6 is 0 Å². The van der Waals surface area contributed by atoms with Crippen LogP contribution in [0, 0.1) is 11.8 Å². The summed E-state index contributed by atoms with van der Waals surface area (Å²) in [7, 11) is 0. The van der Waals surface area contributed by atoms with Gasteiger partial charge in [0.15, 0.2) is 0 Å². The zero-order valence-electron chi connectivity index (χ0n) is 30.2. The standard InChI is InChI=1S/C36H74O2.C4H10O/c1-3-5-7-9-11-12-13-14-15-17-22-26-30-36(34-38)31-27-23-19-16-18-21-25-29-35(32-33-37)28-24-20-10-8-6-4-2;1-2-3-4-5/h35-38H,3-34H2,1-2H3;5H,2-4H2,1H3. The molecule has 0 radical (unpaired) electrons. The third-order valence-corrected chi connectivity index (χ3v) is 9.46. The van der Waals surface area contributed by atoms with Gasteiger partial charge >= 0.3 is 0 Å². The van der Waals surface area contributed by atoms with E-state index in [9.17, 15) is 10.2 Å². The van der Waals surface area contributed by atoms with Gasteiger partial charge in [-0.1, -0.05) is 201 Å². The van der Waals surface area contributed by atoms with Crippen molar-refractivity contribution in [3.8, 4) is 0 Å². The Balaban J connectivity index is 0. The van der Waals surface area contributed by atoms with Crippen molar-refractivity contribution in [1.29, 1.82) is 0 Å². The molecule has 0 heterocycles. The van der Waals surface area contributed by atoms with Gasteiger partial charge in [0.05, 0.1) is 0 Å². The fourth-order valence-corrected chi connectivity index (χ4v) is 6.34. The molecular formula is C40H84O3. The molecule has 3 nitrogen and oxygen atoms in total. The molecular weight excluding hydrogens is 528 g/mol. The Morgan fingerprint density at radius 2 is 0.558 bits per heavy atom. The first-order valence-electron chi connectivity index (χ1n) is 20.0. The zero-order chi connectivity index (χ0) is 31.9. The Kier molecular flexibility index (Phi) is 43.8. The third kappa shape index (κ3) is 39.9. The topological polar surface area (TPSA) is 60.7 Å². The number of aliphatic hydroxyl groups is 3. The molecule has 3 heteroatoms. The number of hydrogen-bond acceptors (Lipinski definition) is 3. The van der Waals surface area contributed by atoms with Gasteiger partial charge in [-0.05, 0) is 37.5 Å². The number of aliphatic hydroxyl groups excluding tert-OH is 3. The van der Waals surface area contributed by atoms with Crippen LogP contribution in [-0.4, -0.2) is 35.1 Å². The van der Waals surface area contributed by atoms with Crippen molar-refractivity contribution in [2.45, 2.75) is 226 Å². The molecule has 3 N–H and O–H groups in total. The van der Waals surface area contributed by atoms with E-state index >= 15 is 0 Å². The van der Waals surface area contributed by atoms with E-state index in [0.29, 0.717) is 25.7 Å². The van der Waals surface area contributed by atoms with Gasteiger partial charge in [0, 0.05) is 19.8 Å². The van der Waals surface area contributed by atoms with Crippen molar-refractivity contribution in [2.75, 3.05) is 19.8 Å². The average molecular weight is 613 g/mol. The Bertz CT molecular complexity index is 453. The van der Waals surface area contributed by atoms with Crippen molar-refractivity contribution < 1.29 is 15.3 Å². The van der Waals surface area contributed by atoms with Crippen LogP contribution in [0.15, 0.2) is 0 Å². The molecule has 0 bridgehead atoms. The van der Waals surface area contributed by atoms with E-state index in [1.54, 1.807) is 0 Å². The molecule has 2 atom stereocenters. The van der Waals surface area contributed by atoms with E-state index in [1.807, 2.05) is 0 Å². The summed E-state index contributed by atoms with van der Waals surface area (Å²) in [5.41, 5.74) is 0. The fourth-order valence-electron chi connectivity index (χ4n) is 6.34. The van der Waals surface area contributed by atoms with Gasteiger partial charge in [-0.3, -0.25) is 0 Å². The van der Waals surface area contributed by atoms with E-state index in [-0.39, 0.29) is 0 Å². The summed E-state index contributed by atoms with van der Waals surface area (Å²) < 4.78 is 0. The minimum atomic E-state index is 0.344. The predicted octanol–water partition coefficient (Wildman–Crippen LogP) is 12.7. The third-order valence-electron chi connectivity index (χ3n) is 9.46. The highest BCUT2D eigenvalue weighted by Crippen LogP contribution is 2.23. The quantitative estimate of drug-likeness (QED) is 0.0624. The summed E-state index contributed by atoms with van der Waals surface area (Å²) in [5.74, 6) is 1.31. The van der Waals surface area contributed by atoms with E-state index in [0.717, 1.165) is 25.2 Å². The molecule has 43 heavy (non-hydrogen) atoms. The highest BCUT2D eigenvalue weighted by atomic mass is 16.3. The first kappa shape index (κ1) is 45.0. The number of unbranched alkanes of at least 4 members (excludes halogenated alkanes) is 23. The summed E-state index contributed by atoms with van der Waals surface area (Å²) in [6.07, 6.45) is 42.9. The zero-order valence-corrected chi connectivity index (χ0v) is 30.2. The van der Waals surface area contributed by atoms with Crippen LogP contribution in [0.3, 0.4) is 0 Å². The van der Waals surface area contributed by atoms with Crippen molar-refractivity contribution >= 4 is 0 Å². The maximum Gasteiger partial charge on any atom is 0.0459 e. The molecule has 0 saturated heterocycles. The second-order valence-corrected chi connectivity index (χ2v) is 13.8. The van der Waals surface area contributed by atoms with E-state index in [1.165, 1.54) is 186 Å². The molecule has 2 unspecified atom stereocenters. The molecule has 0 aromatic carbocycles. The minimum absolute atomic E-state index is 0.344. The van der Waals surface area contributed by atoms with Gasteiger partial charge in [0.1, 0.15) is 0 Å². The summed E-state index contributed by atoms with van der Waals surface area (Å²) in [5, 5.41) is 27.2. The lowest BCUT2D eigenvalue weighted by atomic mass is 9.91. The first-order valence-corrected chi connectivity index (χ1v) is 20.0. The number of rotatable bonds is 35. The van der Waals surface area contributed by atoms with Gasteiger partial charge in [-0.15, -0.1) is 0 Å². The van der Waals surface area contributed by atoms with Gasteiger partial charge in [0.25, 0.3) is 0 Å². The van der Waals surface area contributed by atoms with Crippen LogP contribution in [0.25, 0.3) is 0 Å². The maximum absolute atomic E-state index is 9.77. The molecule has 0 fully saturated rings. The maximum atomic E-state index is 9.77. The summed E-state index contributed by atoms with van der Waals surface area (Å²) in [6.45, 7) is 7.74. The monoisotopic (exact) mass is 613 g/mol. The van der Waals surface area contributed by atoms with Gasteiger partial charge in [-0.25, -0.2) is 0 Å². The molecule has 0 saturated carbocycles. The van der Waals surface area contributed by atoms with E-state index < -0.39 is 0 Å². The normalized spacial score (nSPS) is 12.7. The average Bonchev–Trinajstić information content (AvgIpc) is 3.02. The molecule has 262 valence electrons. The summed E-state index contributed by atoms with van der Waals surface area (Å²) >= 11 is 0. The predicted molar refractivity (Wildman–Crippen MR) is 193 cm³/mol. The molecule has 0 aromatic rings. The molecule has 0 aliphatic heterocycles. The Hall–Kier alpha value is -0.120. The lowest BCUT2D eigenvalue weighted by Gasteiger charge is -2.15. The van der Waals surface area contributed by atoms with Crippen molar-refractivity contribution in [1.82, 2.24) is 0 Å². The van der Waals surface area contributed by atoms with Gasteiger partial charge < -0.3 is 15.3 Å². The van der Waals surface area contributed by atoms with Crippen molar-refractivity contribution in [3.63, 3.8) is 0 Å². The second-order valence-electron chi connectivity index (χ2n) is 13.8. The second kappa shape index (κ2) is 41.9. The lowest BCUT2D eigenvalue weighted by Crippen LogP contribution is -2.06. The van der Waals surface area contributed by atoms with Crippen LogP contribution < -0.4 is 0 Å². The van der Waals surface area contributed by atoms with Crippen LogP contribution in [0.4, 0.5) is 0 Å².